The van der Waals surface area contributed by atoms with Gasteiger partial charge in [0, 0.05) is 24.5 Å². The smallest absolute Gasteiger partial charge is 0.246 e. The summed E-state index contributed by atoms with van der Waals surface area (Å²) in [5.74, 6) is -0.114. The number of halogens is 1. The molecule has 0 bridgehead atoms. The number of rotatable bonds is 4. The molecule has 1 N–H and O–H groups in total. The van der Waals surface area contributed by atoms with E-state index < -0.39 is 5.60 Å². The van der Waals surface area contributed by atoms with Crippen LogP contribution in [0.4, 0.5) is 0 Å². The van der Waals surface area contributed by atoms with Gasteiger partial charge in [0.05, 0.1) is 9.39 Å². The van der Waals surface area contributed by atoms with Crippen molar-refractivity contribution < 1.29 is 9.90 Å². The van der Waals surface area contributed by atoms with Crippen molar-refractivity contribution in [3.63, 3.8) is 0 Å². The third kappa shape index (κ3) is 5.48. The van der Waals surface area contributed by atoms with E-state index in [0.717, 1.165) is 8.66 Å². The van der Waals surface area contributed by atoms with E-state index in [9.17, 15) is 9.90 Å². The van der Waals surface area contributed by atoms with E-state index in [2.05, 4.69) is 15.9 Å². The number of nitrogens with zero attached hydrogens (tertiary/aromatic N) is 1. The molecule has 94 valence electrons. The molecule has 5 heteroatoms. The highest BCUT2D eigenvalue weighted by atomic mass is 79.9. The molecule has 0 unspecified atom stereocenters. The Morgan fingerprint density at radius 2 is 2.24 bits per heavy atom. The van der Waals surface area contributed by atoms with E-state index in [4.69, 9.17) is 0 Å². The average Bonchev–Trinajstić information content (AvgIpc) is 2.58. The Morgan fingerprint density at radius 3 is 2.71 bits per heavy atom. The molecule has 1 aromatic rings. The van der Waals surface area contributed by atoms with Gasteiger partial charge in [-0.25, -0.2) is 0 Å². The maximum atomic E-state index is 11.7. The fourth-order valence-electron chi connectivity index (χ4n) is 1.36. The fraction of sp³-hybridized carbons (Fsp3) is 0.417. The summed E-state index contributed by atoms with van der Waals surface area (Å²) >= 11 is 4.93. The van der Waals surface area contributed by atoms with Crippen molar-refractivity contribution in [2.24, 2.45) is 0 Å². The molecule has 1 rings (SSSR count). The van der Waals surface area contributed by atoms with E-state index in [1.165, 1.54) is 11.0 Å². The summed E-state index contributed by atoms with van der Waals surface area (Å²) in [6.45, 7) is 3.66. The number of hydrogen-bond donors (Lipinski definition) is 1. The minimum Gasteiger partial charge on any atom is -0.389 e. The number of amides is 1. The number of likely N-dealkylation sites (N-methyl/N-ethyl adjacent to an activating group) is 1. The minimum atomic E-state index is -0.871. The third-order valence-electron chi connectivity index (χ3n) is 1.98. The Kier molecular flexibility index (Phi) is 4.91. The zero-order chi connectivity index (χ0) is 13.1. The number of carbonyl (C=O) groups excluding carboxylic acids is 1. The quantitative estimate of drug-likeness (QED) is 0.867. The highest BCUT2D eigenvalue weighted by Gasteiger charge is 2.17. The summed E-state index contributed by atoms with van der Waals surface area (Å²) in [4.78, 5) is 14.2. The lowest BCUT2D eigenvalue weighted by Crippen LogP contribution is -2.38. The van der Waals surface area contributed by atoms with Crippen molar-refractivity contribution in [3.05, 3.63) is 26.9 Å². The van der Waals surface area contributed by atoms with E-state index in [1.54, 1.807) is 38.3 Å². The summed E-state index contributed by atoms with van der Waals surface area (Å²) in [6, 6.07) is 3.88. The zero-order valence-corrected chi connectivity index (χ0v) is 12.5. The largest absolute Gasteiger partial charge is 0.389 e. The highest BCUT2D eigenvalue weighted by molar-refractivity contribution is 9.11. The molecule has 0 aliphatic heterocycles. The molecule has 0 aliphatic rings. The van der Waals surface area contributed by atoms with Crippen LogP contribution in [0.15, 0.2) is 22.0 Å². The molecule has 0 aliphatic carbocycles. The van der Waals surface area contributed by atoms with Gasteiger partial charge >= 0.3 is 0 Å². The maximum Gasteiger partial charge on any atom is 0.246 e. The molecular formula is C12H16BrNO2S. The molecule has 17 heavy (non-hydrogen) atoms. The third-order valence-corrected chi connectivity index (χ3v) is 3.57. The molecule has 0 fully saturated rings. The lowest BCUT2D eigenvalue weighted by Gasteiger charge is -2.24. The Balaban J connectivity index is 2.57. The molecule has 0 atom stereocenters. The van der Waals surface area contributed by atoms with Crippen molar-refractivity contribution in [1.29, 1.82) is 0 Å². The van der Waals surface area contributed by atoms with Gasteiger partial charge in [-0.1, -0.05) is 0 Å². The van der Waals surface area contributed by atoms with Crippen LogP contribution in [0.25, 0.3) is 6.08 Å². The monoisotopic (exact) mass is 317 g/mol. The van der Waals surface area contributed by atoms with Gasteiger partial charge in [0.25, 0.3) is 0 Å². The van der Waals surface area contributed by atoms with Crippen molar-refractivity contribution in [1.82, 2.24) is 4.90 Å². The lowest BCUT2D eigenvalue weighted by atomic mass is 10.1. The summed E-state index contributed by atoms with van der Waals surface area (Å²) in [5, 5.41) is 9.60. The first-order valence-electron chi connectivity index (χ1n) is 5.19. The van der Waals surface area contributed by atoms with Crippen molar-refractivity contribution in [2.75, 3.05) is 13.6 Å². The Bertz CT molecular complexity index is 420. The van der Waals surface area contributed by atoms with Gasteiger partial charge in [0.1, 0.15) is 0 Å². The van der Waals surface area contributed by atoms with Crippen molar-refractivity contribution in [2.45, 2.75) is 19.4 Å². The van der Waals surface area contributed by atoms with Gasteiger partial charge in [-0.05, 0) is 48.0 Å². The minimum absolute atomic E-state index is 0.114. The summed E-state index contributed by atoms with van der Waals surface area (Å²) in [7, 11) is 1.68. The number of thiophene rings is 1. The van der Waals surface area contributed by atoms with E-state index >= 15 is 0 Å². The summed E-state index contributed by atoms with van der Waals surface area (Å²) < 4.78 is 1.04. The summed E-state index contributed by atoms with van der Waals surface area (Å²) in [6.07, 6.45) is 3.29. The normalized spacial score (nSPS) is 12.1. The second kappa shape index (κ2) is 5.80. The van der Waals surface area contributed by atoms with Crippen molar-refractivity contribution in [3.8, 4) is 0 Å². The first-order valence-corrected chi connectivity index (χ1v) is 6.80. The van der Waals surface area contributed by atoms with Crippen LogP contribution in [0.3, 0.4) is 0 Å². The molecule has 1 amide bonds. The number of aliphatic hydroxyl groups is 1. The predicted octanol–water partition coefficient (Wildman–Crippen LogP) is 2.75. The Morgan fingerprint density at radius 1 is 1.59 bits per heavy atom. The van der Waals surface area contributed by atoms with Crippen LogP contribution in [-0.4, -0.2) is 35.1 Å². The first kappa shape index (κ1) is 14.4. The molecule has 0 saturated carbocycles. The van der Waals surface area contributed by atoms with Gasteiger partial charge in [0.15, 0.2) is 0 Å². The van der Waals surface area contributed by atoms with Crippen LogP contribution in [0, 0.1) is 0 Å². The Hall–Kier alpha value is -0.650. The summed E-state index contributed by atoms with van der Waals surface area (Å²) in [5.41, 5.74) is -0.871. The molecule has 0 spiro atoms. The molecule has 1 aromatic heterocycles. The molecule has 3 nitrogen and oxygen atoms in total. The first-order chi connectivity index (χ1) is 7.78. The topological polar surface area (TPSA) is 40.5 Å². The molecule has 0 aromatic carbocycles. The predicted molar refractivity (Wildman–Crippen MR) is 75.0 cm³/mol. The van der Waals surface area contributed by atoms with Gasteiger partial charge in [-0.3, -0.25) is 4.79 Å². The van der Waals surface area contributed by atoms with E-state index in [-0.39, 0.29) is 5.91 Å². The number of hydrogen-bond acceptors (Lipinski definition) is 3. The number of carbonyl (C=O) groups is 1. The van der Waals surface area contributed by atoms with Crippen LogP contribution in [0.5, 0.6) is 0 Å². The van der Waals surface area contributed by atoms with Crippen molar-refractivity contribution >= 4 is 39.2 Å². The second-order valence-electron chi connectivity index (χ2n) is 4.48. The van der Waals surface area contributed by atoms with E-state index in [1.807, 2.05) is 12.1 Å². The van der Waals surface area contributed by atoms with Crippen LogP contribution in [0.2, 0.25) is 0 Å². The van der Waals surface area contributed by atoms with Crippen LogP contribution >= 0.6 is 27.3 Å². The average molecular weight is 318 g/mol. The highest BCUT2D eigenvalue weighted by Crippen LogP contribution is 2.23. The van der Waals surface area contributed by atoms with E-state index in [0.29, 0.717) is 6.54 Å². The lowest BCUT2D eigenvalue weighted by molar-refractivity contribution is -0.127. The Labute approximate surface area is 114 Å². The van der Waals surface area contributed by atoms with Gasteiger partial charge in [-0.15, -0.1) is 11.3 Å². The van der Waals surface area contributed by atoms with Gasteiger partial charge < -0.3 is 10.0 Å². The van der Waals surface area contributed by atoms with Crippen LogP contribution < -0.4 is 0 Å². The fourth-order valence-corrected chi connectivity index (χ4v) is 2.68. The molecule has 0 saturated heterocycles. The molecule has 0 radical (unpaired) electrons. The zero-order valence-electron chi connectivity index (χ0n) is 10.1. The molecular weight excluding hydrogens is 302 g/mol. The van der Waals surface area contributed by atoms with Gasteiger partial charge in [-0.2, -0.15) is 0 Å². The van der Waals surface area contributed by atoms with Crippen LogP contribution in [0.1, 0.15) is 18.7 Å². The van der Waals surface area contributed by atoms with Crippen LogP contribution in [-0.2, 0) is 4.79 Å². The van der Waals surface area contributed by atoms with Gasteiger partial charge in [0.2, 0.25) is 5.91 Å². The maximum absolute atomic E-state index is 11.7. The standard InChI is InChI=1S/C12H16BrNO2S/c1-12(2,16)8-14(3)11(15)7-5-9-4-6-10(13)17-9/h4-7,16H,8H2,1-3H3/b7-5+. The molecule has 1 heterocycles. The second-order valence-corrected chi connectivity index (χ2v) is 6.98. The SMILES string of the molecule is CN(CC(C)(C)O)C(=O)/C=C/c1ccc(Br)s1.